The van der Waals surface area contributed by atoms with Crippen LogP contribution in [0.25, 0.3) is 0 Å². The van der Waals surface area contributed by atoms with Gasteiger partial charge in [0.05, 0.1) is 23.5 Å². The first-order valence-corrected chi connectivity index (χ1v) is 13.8. The standard InChI is InChI=1S/C30H44O6/c1-15-13-18(25(33)34)17-9-11-28(4)19(23(17)16(15)2)7-8-21-27(3)14-20(31)24(32)30(6,26(35)36)22(27)10-12-29(21,28)5/h7,17-18,20-24,31-32H,8-14H2,1-6H3,(H,33,34)(H,35,36)/t17-,18+,20+,21+,22+,23-,24-,27+,28+,29+,30-/m0/s1. The van der Waals surface area contributed by atoms with Gasteiger partial charge < -0.3 is 20.4 Å². The fourth-order valence-electron chi connectivity index (χ4n) is 10.5. The third-order valence-electron chi connectivity index (χ3n) is 12.8. The van der Waals surface area contributed by atoms with E-state index < -0.39 is 35.0 Å². The molecule has 11 atom stereocenters. The number of carboxylic acids is 2. The first-order chi connectivity index (χ1) is 16.6. The number of aliphatic hydroxyl groups is 2. The van der Waals surface area contributed by atoms with Gasteiger partial charge in [0.2, 0.25) is 0 Å². The summed E-state index contributed by atoms with van der Waals surface area (Å²) < 4.78 is 0. The van der Waals surface area contributed by atoms with E-state index in [0.717, 1.165) is 25.7 Å². The van der Waals surface area contributed by atoms with Gasteiger partial charge in [0.25, 0.3) is 0 Å². The number of carbonyl (C=O) groups is 2. The van der Waals surface area contributed by atoms with Crippen molar-refractivity contribution in [2.75, 3.05) is 0 Å². The number of fused-ring (bicyclic) bond motifs is 7. The molecule has 0 heterocycles. The Balaban J connectivity index is 1.62. The van der Waals surface area contributed by atoms with Crippen LogP contribution in [0.3, 0.4) is 0 Å². The van der Waals surface area contributed by atoms with E-state index >= 15 is 0 Å². The van der Waals surface area contributed by atoms with Crippen molar-refractivity contribution >= 4 is 11.9 Å². The number of hydrogen-bond acceptors (Lipinski definition) is 4. The molecular formula is C30H44O6. The molecule has 0 unspecified atom stereocenters. The lowest BCUT2D eigenvalue weighted by Crippen LogP contribution is -2.68. The van der Waals surface area contributed by atoms with Crippen LogP contribution in [-0.4, -0.2) is 44.6 Å². The summed E-state index contributed by atoms with van der Waals surface area (Å²) in [7, 11) is 0. The normalized spacial score (nSPS) is 52.3. The van der Waals surface area contributed by atoms with Gasteiger partial charge in [-0.25, -0.2) is 0 Å². The Bertz CT molecular complexity index is 1060. The molecule has 200 valence electrons. The number of aliphatic hydroxyl groups excluding tert-OH is 2. The monoisotopic (exact) mass is 500 g/mol. The summed E-state index contributed by atoms with van der Waals surface area (Å²) in [4.78, 5) is 24.8. The van der Waals surface area contributed by atoms with Crippen molar-refractivity contribution in [2.45, 2.75) is 98.7 Å². The predicted molar refractivity (Wildman–Crippen MR) is 136 cm³/mol. The highest BCUT2D eigenvalue weighted by Gasteiger charge is 2.70. The number of aliphatic carboxylic acids is 2. The second-order valence-electron chi connectivity index (χ2n) is 13.9. The molecule has 0 spiro atoms. The highest BCUT2D eigenvalue weighted by Crippen LogP contribution is 2.74. The van der Waals surface area contributed by atoms with Crippen LogP contribution in [0.4, 0.5) is 0 Å². The fraction of sp³-hybridized carbons (Fsp3) is 0.800. The van der Waals surface area contributed by atoms with Crippen LogP contribution >= 0.6 is 0 Å². The molecule has 5 rings (SSSR count). The van der Waals surface area contributed by atoms with Crippen LogP contribution in [0.15, 0.2) is 22.8 Å². The van der Waals surface area contributed by atoms with Gasteiger partial charge in [0.15, 0.2) is 0 Å². The Morgan fingerprint density at radius 2 is 1.64 bits per heavy atom. The van der Waals surface area contributed by atoms with E-state index in [1.54, 1.807) is 6.92 Å². The molecule has 5 aliphatic rings. The molecule has 0 amide bonds. The highest BCUT2D eigenvalue weighted by atomic mass is 16.4. The highest BCUT2D eigenvalue weighted by molar-refractivity contribution is 5.76. The molecule has 0 bridgehead atoms. The smallest absolute Gasteiger partial charge is 0.312 e. The maximum absolute atomic E-state index is 12.5. The van der Waals surface area contributed by atoms with Crippen LogP contribution in [0, 0.1) is 51.2 Å². The van der Waals surface area contributed by atoms with E-state index in [9.17, 15) is 30.0 Å². The third kappa shape index (κ3) is 2.97. The minimum atomic E-state index is -1.38. The average Bonchev–Trinajstić information content (AvgIpc) is 2.79. The Morgan fingerprint density at radius 3 is 2.25 bits per heavy atom. The molecule has 3 saturated carbocycles. The van der Waals surface area contributed by atoms with Crippen molar-refractivity contribution in [2.24, 2.45) is 51.2 Å². The summed E-state index contributed by atoms with van der Waals surface area (Å²) in [5, 5.41) is 42.1. The zero-order valence-corrected chi connectivity index (χ0v) is 22.7. The van der Waals surface area contributed by atoms with Gasteiger partial charge in [-0.1, -0.05) is 43.6 Å². The first kappa shape index (κ1) is 26.0. The van der Waals surface area contributed by atoms with Crippen molar-refractivity contribution in [3.8, 4) is 0 Å². The zero-order valence-electron chi connectivity index (χ0n) is 22.7. The lowest BCUT2D eigenvalue weighted by atomic mass is 9.34. The van der Waals surface area contributed by atoms with Crippen LogP contribution in [-0.2, 0) is 9.59 Å². The maximum Gasteiger partial charge on any atom is 0.312 e. The van der Waals surface area contributed by atoms with E-state index in [2.05, 4.69) is 40.7 Å². The fourth-order valence-corrected chi connectivity index (χ4v) is 10.5. The number of allylic oxidation sites excluding steroid dienone is 4. The molecule has 36 heavy (non-hydrogen) atoms. The Hall–Kier alpha value is -1.66. The largest absolute Gasteiger partial charge is 0.481 e. The lowest BCUT2D eigenvalue weighted by molar-refractivity contribution is -0.238. The van der Waals surface area contributed by atoms with Crippen molar-refractivity contribution < 1.29 is 30.0 Å². The SMILES string of the molecule is CC1=C(C)[C@@H]2C3=CC[C@@H]4[C@@]5(C)C[C@@H](O)[C@H](O)[C@@](C)(C(=O)O)[C@@H]5CC[C@@]4(C)[C@]3(C)CC[C@H]2[C@H](C(=O)O)C1. The molecule has 4 N–H and O–H groups in total. The van der Waals surface area contributed by atoms with Gasteiger partial charge in [-0.05, 0) is 99.7 Å². The Labute approximate surface area is 214 Å². The van der Waals surface area contributed by atoms with Crippen LogP contribution < -0.4 is 0 Å². The van der Waals surface area contributed by atoms with E-state index in [0.29, 0.717) is 19.3 Å². The van der Waals surface area contributed by atoms with Crippen molar-refractivity contribution in [1.29, 1.82) is 0 Å². The van der Waals surface area contributed by atoms with Crippen molar-refractivity contribution in [3.63, 3.8) is 0 Å². The molecule has 5 aliphatic carbocycles. The van der Waals surface area contributed by atoms with Crippen LogP contribution in [0.2, 0.25) is 0 Å². The number of rotatable bonds is 2. The minimum absolute atomic E-state index is 0.0981. The van der Waals surface area contributed by atoms with E-state index in [-0.39, 0.29) is 40.4 Å². The molecule has 0 aromatic carbocycles. The molecule has 0 saturated heterocycles. The van der Waals surface area contributed by atoms with Gasteiger partial charge in [-0.2, -0.15) is 0 Å². The Morgan fingerprint density at radius 1 is 0.972 bits per heavy atom. The molecule has 6 nitrogen and oxygen atoms in total. The van der Waals surface area contributed by atoms with Gasteiger partial charge in [0.1, 0.15) is 0 Å². The van der Waals surface area contributed by atoms with E-state index in [1.807, 2.05) is 0 Å². The lowest BCUT2D eigenvalue weighted by Gasteiger charge is -2.70. The van der Waals surface area contributed by atoms with Gasteiger partial charge in [-0.15, -0.1) is 0 Å². The Kier molecular flexibility index (Phi) is 5.72. The second-order valence-corrected chi connectivity index (χ2v) is 13.9. The van der Waals surface area contributed by atoms with Crippen molar-refractivity contribution in [3.05, 3.63) is 22.8 Å². The molecular weight excluding hydrogens is 456 g/mol. The number of hydrogen-bond donors (Lipinski definition) is 4. The summed E-state index contributed by atoms with van der Waals surface area (Å²) in [6.07, 6.45) is 5.30. The molecule has 6 heteroatoms. The molecule has 0 aromatic heterocycles. The molecule has 0 aromatic rings. The summed E-state index contributed by atoms with van der Waals surface area (Å²) in [6, 6.07) is 0. The zero-order chi connectivity index (χ0) is 26.6. The van der Waals surface area contributed by atoms with Crippen LogP contribution in [0.1, 0.15) is 86.5 Å². The molecule has 3 fully saturated rings. The summed E-state index contributed by atoms with van der Waals surface area (Å²) in [6.45, 7) is 12.8. The molecule has 0 radical (unpaired) electrons. The second kappa shape index (κ2) is 7.92. The van der Waals surface area contributed by atoms with Gasteiger partial charge >= 0.3 is 11.9 Å². The van der Waals surface area contributed by atoms with E-state index in [1.165, 1.54) is 16.7 Å². The number of carboxylic acid groups (broad SMARTS) is 2. The summed E-state index contributed by atoms with van der Waals surface area (Å²) in [5.74, 6) is -1.80. The summed E-state index contributed by atoms with van der Waals surface area (Å²) >= 11 is 0. The average molecular weight is 501 g/mol. The minimum Gasteiger partial charge on any atom is -0.481 e. The quantitative estimate of drug-likeness (QED) is 0.395. The van der Waals surface area contributed by atoms with Crippen LogP contribution in [0.5, 0.6) is 0 Å². The maximum atomic E-state index is 12.5. The first-order valence-electron chi connectivity index (χ1n) is 13.8. The summed E-state index contributed by atoms with van der Waals surface area (Å²) in [5.41, 5.74) is 1.93. The van der Waals surface area contributed by atoms with E-state index in [4.69, 9.17) is 0 Å². The van der Waals surface area contributed by atoms with Gasteiger partial charge in [0, 0.05) is 5.92 Å². The third-order valence-corrected chi connectivity index (χ3v) is 12.8. The molecule has 0 aliphatic heterocycles. The van der Waals surface area contributed by atoms with Gasteiger partial charge in [-0.3, -0.25) is 9.59 Å². The topological polar surface area (TPSA) is 115 Å². The van der Waals surface area contributed by atoms with Crippen molar-refractivity contribution in [1.82, 2.24) is 0 Å². The predicted octanol–water partition coefficient (Wildman–Crippen LogP) is 5.05.